The van der Waals surface area contributed by atoms with Crippen molar-refractivity contribution in [1.82, 2.24) is 5.32 Å². The van der Waals surface area contributed by atoms with Gasteiger partial charge in [-0.1, -0.05) is 55.0 Å². The van der Waals surface area contributed by atoms with E-state index >= 15 is 0 Å². The zero-order valence-electron chi connectivity index (χ0n) is 18.1. The molecule has 6 heteroatoms. The number of sulfonamides is 1. The van der Waals surface area contributed by atoms with Crippen molar-refractivity contribution >= 4 is 21.6 Å². The van der Waals surface area contributed by atoms with Crippen LogP contribution in [0, 0.1) is 6.92 Å². The van der Waals surface area contributed by atoms with E-state index in [9.17, 15) is 13.2 Å². The fourth-order valence-corrected chi connectivity index (χ4v) is 4.95. The number of amides is 1. The van der Waals surface area contributed by atoms with Gasteiger partial charge in [0, 0.05) is 12.1 Å². The third-order valence-electron chi connectivity index (χ3n) is 5.23. The molecule has 5 nitrogen and oxygen atoms in total. The lowest BCUT2D eigenvalue weighted by atomic mass is 10.0. The summed E-state index contributed by atoms with van der Waals surface area (Å²) in [7, 11) is -3.67. The van der Waals surface area contributed by atoms with Crippen molar-refractivity contribution in [3.63, 3.8) is 0 Å². The Hall–Kier alpha value is -3.12. The van der Waals surface area contributed by atoms with Gasteiger partial charge in [-0.3, -0.25) is 9.10 Å². The molecule has 31 heavy (non-hydrogen) atoms. The lowest BCUT2D eigenvalue weighted by Gasteiger charge is -2.23. The van der Waals surface area contributed by atoms with Gasteiger partial charge in [0.25, 0.3) is 15.9 Å². The standard InChI is InChI=1S/C25H28N2O3S/c1-4-24(20-13-11-19(3)12-14-20)26-25(28)21-15-17-22(18-16-21)27(5-2)31(29,30)23-9-7-6-8-10-23/h6-18,24H,4-5H2,1-3H3,(H,26,28)/t24-/m0/s1. The highest BCUT2D eigenvalue weighted by atomic mass is 32.2. The lowest BCUT2D eigenvalue weighted by Crippen LogP contribution is -2.31. The van der Waals surface area contributed by atoms with Crippen LogP contribution in [0.4, 0.5) is 5.69 Å². The van der Waals surface area contributed by atoms with E-state index in [1.807, 2.05) is 38.1 Å². The summed E-state index contributed by atoms with van der Waals surface area (Å²) < 4.78 is 27.3. The number of aryl methyl sites for hydroxylation is 1. The Kier molecular flexibility index (Phi) is 7.13. The van der Waals surface area contributed by atoms with Crippen LogP contribution < -0.4 is 9.62 Å². The van der Waals surface area contributed by atoms with Crippen LogP contribution in [-0.2, 0) is 10.0 Å². The van der Waals surface area contributed by atoms with Crippen LogP contribution in [0.1, 0.15) is 47.8 Å². The summed E-state index contributed by atoms with van der Waals surface area (Å²) in [5, 5.41) is 3.07. The minimum Gasteiger partial charge on any atom is -0.345 e. The molecule has 162 valence electrons. The number of nitrogens with one attached hydrogen (secondary N) is 1. The van der Waals surface area contributed by atoms with Gasteiger partial charge in [-0.15, -0.1) is 0 Å². The molecule has 3 rings (SSSR count). The molecule has 3 aromatic carbocycles. The van der Waals surface area contributed by atoms with E-state index < -0.39 is 10.0 Å². The van der Waals surface area contributed by atoms with Gasteiger partial charge >= 0.3 is 0 Å². The highest BCUT2D eigenvalue weighted by molar-refractivity contribution is 7.92. The van der Waals surface area contributed by atoms with Gasteiger partial charge in [-0.25, -0.2) is 8.42 Å². The number of benzene rings is 3. The van der Waals surface area contributed by atoms with Crippen LogP contribution in [0.15, 0.2) is 83.8 Å². The lowest BCUT2D eigenvalue weighted by molar-refractivity contribution is 0.0935. The minimum atomic E-state index is -3.67. The molecule has 0 aliphatic heterocycles. The number of nitrogens with zero attached hydrogens (tertiary/aromatic N) is 1. The highest BCUT2D eigenvalue weighted by Gasteiger charge is 2.23. The molecule has 0 heterocycles. The van der Waals surface area contributed by atoms with Crippen molar-refractivity contribution in [2.75, 3.05) is 10.8 Å². The van der Waals surface area contributed by atoms with Crippen LogP contribution >= 0.6 is 0 Å². The molecule has 1 atom stereocenters. The Balaban J connectivity index is 1.78. The predicted molar refractivity (Wildman–Crippen MR) is 125 cm³/mol. The first-order chi connectivity index (χ1) is 14.9. The molecule has 0 spiro atoms. The first-order valence-electron chi connectivity index (χ1n) is 10.4. The van der Waals surface area contributed by atoms with Gasteiger partial charge < -0.3 is 5.32 Å². The summed E-state index contributed by atoms with van der Waals surface area (Å²) >= 11 is 0. The summed E-state index contributed by atoms with van der Waals surface area (Å²) in [4.78, 5) is 13.0. The molecular formula is C25H28N2O3S. The first-order valence-corrected chi connectivity index (χ1v) is 11.9. The Morgan fingerprint density at radius 2 is 1.52 bits per heavy atom. The molecule has 3 aromatic rings. The number of hydrogen-bond acceptors (Lipinski definition) is 3. The van der Waals surface area contributed by atoms with Crippen LogP contribution in [0.3, 0.4) is 0 Å². The smallest absolute Gasteiger partial charge is 0.264 e. The Bertz CT molecular complexity index is 1110. The van der Waals surface area contributed by atoms with Gasteiger partial charge in [-0.05, 0) is 62.2 Å². The van der Waals surface area contributed by atoms with Crippen LogP contribution in [0.5, 0.6) is 0 Å². The largest absolute Gasteiger partial charge is 0.345 e. The molecular weight excluding hydrogens is 408 g/mol. The predicted octanol–water partition coefficient (Wildman–Crippen LogP) is 5.09. The van der Waals surface area contributed by atoms with E-state index in [0.29, 0.717) is 11.3 Å². The second-order valence-corrected chi connectivity index (χ2v) is 9.24. The van der Waals surface area contributed by atoms with Gasteiger partial charge in [0.2, 0.25) is 0 Å². The van der Waals surface area contributed by atoms with Gasteiger partial charge in [-0.2, -0.15) is 0 Å². The molecule has 0 aliphatic rings. The topological polar surface area (TPSA) is 66.5 Å². The van der Waals surface area contributed by atoms with E-state index in [0.717, 1.165) is 12.0 Å². The van der Waals surface area contributed by atoms with E-state index in [2.05, 4.69) is 5.32 Å². The third-order valence-corrected chi connectivity index (χ3v) is 7.15. The van der Waals surface area contributed by atoms with Crippen molar-refractivity contribution in [2.45, 2.75) is 38.1 Å². The maximum atomic E-state index is 13.0. The number of rotatable bonds is 8. The molecule has 0 radical (unpaired) electrons. The molecule has 1 amide bonds. The zero-order valence-corrected chi connectivity index (χ0v) is 18.9. The van der Waals surface area contributed by atoms with Crippen molar-refractivity contribution in [2.24, 2.45) is 0 Å². The summed E-state index contributed by atoms with van der Waals surface area (Å²) in [6.07, 6.45) is 0.770. The monoisotopic (exact) mass is 436 g/mol. The normalized spacial score (nSPS) is 12.2. The van der Waals surface area contributed by atoms with Gasteiger partial charge in [0.15, 0.2) is 0 Å². The molecule has 0 unspecified atom stereocenters. The van der Waals surface area contributed by atoms with Crippen LogP contribution in [-0.4, -0.2) is 20.9 Å². The fraction of sp³-hybridized carbons (Fsp3) is 0.240. The quantitative estimate of drug-likeness (QED) is 0.535. The fourth-order valence-electron chi connectivity index (χ4n) is 3.45. The number of hydrogen-bond donors (Lipinski definition) is 1. The third kappa shape index (κ3) is 5.14. The van der Waals surface area contributed by atoms with Gasteiger partial charge in [0.05, 0.1) is 16.6 Å². The molecule has 0 fully saturated rings. The second kappa shape index (κ2) is 9.79. The average molecular weight is 437 g/mol. The van der Waals surface area contributed by atoms with Crippen molar-refractivity contribution < 1.29 is 13.2 Å². The number of carbonyl (C=O) groups excluding carboxylic acids is 1. The number of anilines is 1. The minimum absolute atomic E-state index is 0.0848. The molecule has 0 bridgehead atoms. The van der Waals surface area contributed by atoms with Crippen molar-refractivity contribution in [3.05, 3.63) is 95.6 Å². The van der Waals surface area contributed by atoms with E-state index in [4.69, 9.17) is 0 Å². The molecule has 0 aromatic heterocycles. The van der Waals surface area contributed by atoms with E-state index in [-0.39, 0.29) is 23.4 Å². The Morgan fingerprint density at radius 1 is 0.903 bits per heavy atom. The summed E-state index contributed by atoms with van der Waals surface area (Å²) in [6, 6.07) is 23.0. The summed E-state index contributed by atoms with van der Waals surface area (Å²) in [5.74, 6) is -0.187. The molecule has 1 N–H and O–H groups in total. The maximum Gasteiger partial charge on any atom is 0.264 e. The van der Waals surface area contributed by atoms with Crippen molar-refractivity contribution in [1.29, 1.82) is 0 Å². The summed E-state index contributed by atoms with van der Waals surface area (Å²) in [6.45, 7) is 6.13. The maximum absolute atomic E-state index is 13.0. The van der Waals surface area contributed by atoms with E-state index in [1.165, 1.54) is 9.87 Å². The molecule has 0 aliphatic carbocycles. The Labute approximate surface area is 184 Å². The highest BCUT2D eigenvalue weighted by Crippen LogP contribution is 2.24. The van der Waals surface area contributed by atoms with Crippen LogP contribution in [0.2, 0.25) is 0 Å². The van der Waals surface area contributed by atoms with Crippen LogP contribution in [0.25, 0.3) is 0 Å². The first kappa shape index (κ1) is 22.6. The molecule has 0 saturated carbocycles. The van der Waals surface area contributed by atoms with Gasteiger partial charge in [0.1, 0.15) is 0 Å². The summed E-state index contributed by atoms with van der Waals surface area (Å²) in [5.41, 5.74) is 3.24. The van der Waals surface area contributed by atoms with E-state index in [1.54, 1.807) is 61.5 Å². The average Bonchev–Trinajstić information content (AvgIpc) is 2.79. The van der Waals surface area contributed by atoms with Crippen molar-refractivity contribution in [3.8, 4) is 0 Å². The molecule has 0 saturated heterocycles. The zero-order chi connectivity index (χ0) is 22.4. The Morgan fingerprint density at radius 3 is 2.06 bits per heavy atom. The second-order valence-electron chi connectivity index (χ2n) is 7.37. The SMILES string of the molecule is CC[C@H](NC(=O)c1ccc(N(CC)S(=O)(=O)c2ccccc2)cc1)c1ccc(C)cc1. The number of carbonyl (C=O) groups is 1.